The number of hydrogen-bond donors (Lipinski definition) is 3. The molecule has 35 heavy (non-hydrogen) atoms. The maximum absolute atomic E-state index is 13.6. The lowest BCUT2D eigenvalue weighted by atomic mass is 10.0. The first-order valence-corrected chi connectivity index (χ1v) is 11.9. The van der Waals surface area contributed by atoms with Crippen LogP contribution in [0.5, 0.6) is 5.75 Å². The molecule has 2 aromatic carbocycles. The molecule has 0 aliphatic carbocycles. The van der Waals surface area contributed by atoms with Crippen LogP contribution in [0.15, 0.2) is 60.1 Å². The Balaban J connectivity index is 1.91. The summed E-state index contributed by atoms with van der Waals surface area (Å²) >= 11 is 1.28. The number of anilines is 2. The Kier molecular flexibility index (Phi) is 9.33. The number of phenols is 1. The van der Waals surface area contributed by atoms with E-state index in [-0.39, 0.29) is 31.0 Å². The van der Waals surface area contributed by atoms with Crippen LogP contribution in [-0.2, 0) is 19.1 Å². The second-order valence-corrected chi connectivity index (χ2v) is 8.66. The van der Waals surface area contributed by atoms with E-state index in [2.05, 4.69) is 15.6 Å². The Bertz CT molecular complexity index is 1140. The number of carbonyl (C=O) groups is 3. The minimum Gasteiger partial charge on any atom is -0.508 e. The number of thiazole rings is 1. The molecule has 0 saturated carbocycles. The summed E-state index contributed by atoms with van der Waals surface area (Å²) in [6, 6.07) is 12.3. The minimum absolute atomic E-state index is 0.0413. The van der Waals surface area contributed by atoms with E-state index in [1.54, 1.807) is 35.8 Å². The fourth-order valence-electron chi connectivity index (χ4n) is 3.47. The van der Waals surface area contributed by atoms with Crippen molar-refractivity contribution in [3.63, 3.8) is 0 Å². The predicted octanol–water partition coefficient (Wildman–Crippen LogP) is 3.41. The summed E-state index contributed by atoms with van der Waals surface area (Å²) in [4.78, 5) is 44.7. The van der Waals surface area contributed by atoms with Crippen molar-refractivity contribution >= 4 is 39.9 Å². The molecule has 1 aromatic heterocycles. The number of hydrogen-bond acceptors (Lipinski definition) is 7. The number of amides is 3. The highest BCUT2D eigenvalue weighted by Gasteiger charge is 2.33. The van der Waals surface area contributed by atoms with E-state index in [9.17, 15) is 19.5 Å². The van der Waals surface area contributed by atoms with Gasteiger partial charge in [-0.3, -0.25) is 19.3 Å². The van der Waals surface area contributed by atoms with Crippen LogP contribution in [0.4, 0.5) is 10.8 Å². The van der Waals surface area contributed by atoms with E-state index >= 15 is 0 Å². The summed E-state index contributed by atoms with van der Waals surface area (Å²) in [5.74, 6) is -1.11. The standard InChI is InChI=1S/C25H28N4O5S/c1-17-4-3-5-19(16-17)29(22(32)11-10-21(31)28-25-27-13-15-35-25)23(24(33)26-12-14-34-2)18-6-8-20(30)9-7-18/h3-9,13,15-16,23,30H,10-12,14H2,1-2H3,(H,26,33)(H,27,28,31). The van der Waals surface area contributed by atoms with Crippen LogP contribution in [0, 0.1) is 6.92 Å². The number of methoxy groups -OCH3 is 1. The number of aryl methyl sites for hydroxylation is 1. The summed E-state index contributed by atoms with van der Waals surface area (Å²) < 4.78 is 5.03. The summed E-state index contributed by atoms with van der Waals surface area (Å²) in [5, 5.41) is 17.4. The molecule has 184 valence electrons. The van der Waals surface area contributed by atoms with Gasteiger partial charge in [0.2, 0.25) is 17.7 Å². The molecular weight excluding hydrogens is 468 g/mol. The average Bonchev–Trinajstić information content (AvgIpc) is 3.35. The van der Waals surface area contributed by atoms with Gasteiger partial charge in [0, 0.05) is 43.8 Å². The lowest BCUT2D eigenvalue weighted by molar-refractivity contribution is -0.127. The predicted molar refractivity (Wildman–Crippen MR) is 134 cm³/mol. The smallest absolute Gasteiger partial charge is 0.247 e. The molecule has 1 atom stereocenters. The number of nitrogens with zero attached hydrogens (tertiary/aromatic N) is 2. The average molecular weight is 497 g/mol. The van der Waals surface area contributed by atoms with Crippen LogP contribution < -0.4 is 15.5 Å². The quantitative estimate of drug-likeness (QED) is 0.350. The number of rotatable bonds is 11. The molecule has 0 saturated heterocycles. The second-order valence-electron chi connectivity index (χ2n) is 7.77. The fraction of sp³-hybridized carbons (Fsp3) is 0.280. The molecule has 0 radical (unpaired) electrons. The monoisotopic (exact) mass is 496 g/mol. The molecule has 3 aromatic rings. The largest absolute Gasteiger partial charge is 0.508 e. The molecule has 0 bridgehead atoms. The van der Waals surface area contributed by atoms with Gasteiger partial charge >= 0.3 is 0 Å². The van der Waals surface area contributed by atoms with Crippen molar-refractivity contribution in [1.82, 2.24) is 10.3 Å². The molecule has 1 heterocycles. The third kappa shape index (κ3) is 7.36. The van der Waals surface area contributed by atoms with Crippen LogP contribution >= 0.6 is 11.3 Å². The normalized spacial score (nSPS) is 11.5. The summed E-state index contributed by atoms with van der Waals surface area (Å²) in [6.45, 7) is 2.46. The third-order valence-corrected chi connectivity index (χ3v) is 5.80. The van der Waals surface area contributed by atoms with Crippen molar-refractivity contribution in [2.24, 2.45) is 0 Å². The van der Waals surface area contributed by atoms with Crippen LogP contribution in [0.1, 0.15) is 30.0 Å². The van der Waals surface area contributed by atoms with Gasteiger partial charge in [0.1, 0.15) is 11.8 Å². The van der Waals surface area contributed by atoms with Crippen molar-refractivity contribution in [3.05, 3.63) is 71.2 Å². The van der Waals surface area contributed by atoms with E-state index < -0.39 is 17.9 Å². The van der Waals surface area contributed by atoms with Crippen molar-refractivity contribution in [2.75, 3.05) is 30.5 Å². The third-order valence-electron chi connectivity index (χ3n) is 5.11. The zero-order valence-corrected chi connectivity index (χ0v) is 20.4. The number of aromatic hydroxyl groups is 1. The molecule has 9 nitrogen and oxygen atoms in total. The summed E-state index contributed by atoms with van der Waals surface area (Å²) in [7, 11) is 1.53. The van der Waals surface area contributed by atoms with E-state index in [0.717, 1.165) is 5.56 Å². The Labute approximate surface area is 207 Å². The minimum atomic E-state index is -1.02. The highest BCUT2D eigenvalue weighted by molar-refractivity contribution is 7.13. The van der Waals surface area contributed by atoms with Crippen molar-refractivity contribution in [3.8, 4) is 5.75 Å². The topological polar surface area (TPSA) is 121 Å². The van der Waals surface area contributed by atoms with Crippen LogP contribution in [0.2, 0.25) is 0 Å². The number of ether oxygens (including phenoxy) is 1. The lowest BCUT2D eigenvalue weighted by Gasteiger charge is -2.32. The van der Waals surface area contributed by atoms with Crippen molar-refractivity contribution in [2.45, 2.75) is 25.8 Å². The lowest BCUT2D eigenvalue weighted by Crippen LogP contribution is -2.45. The van der Waals surface area contributed by atoms with Crippen LogP contribution in [-0.4, -0.2) is 48.1 Å². The highest BCUT2D eigenvalue weighted by atomic mass is 32.1. The molecule has 3 amide bonds. The first-order valence-electron chi connectivity index (χ1n) is 11.0. The van der Waals surface area contributed by atoms with Crippen molar-refractivity contribution in [1.29, 1.82) is 0 Å². The molecule has 0 aliphatic rings. The van der Waals surface area contributed by atoms with E-state index in [1.807, 2.05) is 19.1 Å². The SMILES string of the molecule is COCCNC(=O)C(c1ccc(O)cc1)N(C(=O)CCC(=O)Nc1nccs1)c1cccc(C)c1. The van der Waals surface area contributed by atoms with Crippen LogP contribution in [0.3, 0.4) is 0 Å². The second kappa shape index (κ2) is 12.6. The molecular formula is C25H28N4O5S. The Morgan fingerprint density at radius 1 is 1.14 bits per heavy atom. The number of carbonyl (C=O) groups excluding carboxylic acids is 3. The fourth-order valence-corrected chi connectivity index (χ4v) is 4.02. The van der Waals surface area contributed by atoms with E-state index in [1.165, 1.54) is 35.5 Å². The molecule has 3 N–H and O–H groups in total. The molecule has 0 aliphatic heterocycles. The van der Waals surface area contributed by atoms with Gasteiger partial charge in [0.25, 0.3) is 0 Å². The zero-order valence-electron chi connectivity index (χ0n) is 19.6. The van der Waals surface area contributed by atoms with Gasteiger partial charge in [-0.15, -0.1) is 11.3 Å². The molecule has 1 unspecified atom stereocenters. The number of benzene rings is 2. The van der Waals surface area contributed by atoms with E-state index in [4.69, 9.17) is 4.74 Å². The maximum atomic E-state index is 13.6. The van der Waals surface area contributed by atoms with Gasteiger partial charge < -0.3 is 20.5 Å². The molecule has 3 rings (SSSR count). The Morgan fingerprint density at radius 2 is 1.91 bits per heavy atom. The van der Waals surface area contributed by atoms with Gasteiger partial charge in [-0.05, 0) is 42.3 Å². The Hall–Kier alpha value is -3.76. The zero-order chi connectivity index (χ0) is 25.2. The van der Waals surface area contributed by atoms with Gasteiger partial charge in [-0.1, -0.05) is 24.3 Å². The van der Waals surface area contributed by atoms with Crippen LogP contribution in [0.25, 0.3) is 0 Å². The maximum Gasteiger partial charge on any atom is 0.247 e. The molecule has 10 heteroatoms. The van der Waals surface area contributed by atoms with Gasteiger partial charge in [-0.2, -0.15) is 0 Å². The van der Waals surface area contributed by atoms with Gasteiger partial charge in [-0.25, -0.2) is 4.98 Å². The van der Waals surface area contributed by atoms with E-state index in [0.29, 0.717) is 23.0 Å². The molecule has 0 fully saturated rings. The number of aromatic nitrogens is 1. The molecule has 0 spiro atoms. The first-order chi connectivity index (χ1) is 16.9. The highest BCUT2D eigenvalue weighted by Crippen LogP contribution is 2.30. The number of nitrogens with one attached hydrogen (secondary N) is 2. The first kappa shape index (κ1) is 25.9. The van der Waals surface area contributed by atoms with Gasteiger partial charge in [0.15, 0.2) is 5.13 Å². The number of phenolic OH excluding ortho intramolecular Hbond substituents is 1. The van der Waals surface area contributed by atoms with Crippen molar-refractivity contribution < 1.29 is 24.2 Å². The Morgan fingerprint density at radius 3 is 2.57 bits per heavy atom. The van der Waals surface area contributed by atoms with Gasteiger partial charge in [0.05, 0.1) is 6.61 Å². The summed E-state index contributed by atoms with van der Waals surface area (Å²) in [5.41, 5.74) is 1.95. The summed E-state index contributed by atoms with van der Waals surface area (Å²) in [6.07, 6.45) is 1.38.